The first-order valence-electron chi connectivity index (χ1n) is 17.5. The van der Waals surface area contributed by atoms with E-state index in [2.05, 4.69) is 22.2 Å². The van der Waals surface area contributed by atoms with Gasteiger partial charge in [-0.05, 0) is 62.8 Å². The summed E-state index contributed by atoms with van der Waals surface area (Å²) in [6.07, 6.45) is 4.19. The lowest BCUT2D eigenvalue weighted by molar-refractivity contribution is -0.132. The van der Waals surface area contributed by atoms with Crippen molar-refractivity contribution in [3.63, 3.8) is 0 Å². The minimum atomic E-state index is -0.944. The Kier molecular flexibility index (Phi) is 12.0. The van der Waals surface area contributed by atoms with Crippen molar-refractivity contribution >= 4 is 46.6 Å². The summed E-state index contributed by atoms with van der Waals surface area (Å²) in [6.45, 7) is 6.69. The number of nitrogens with one attached hydrogen (secondary N) is 2. The van der Waals surface area contributed by atoms with Crippen molar-refractivity contribution in [2.75, 3.05) is 34.4 Å². The highest BCUT2D eigenvalue weighted by atomic mass is 16.5. The van der Waals surface area contributed by atoms with E-state index in [0.29, 0.717) is 55.8 Å². The van der Waals surface area contributed by atoms with Crippen molar-refractivity contribution in [3.8, 4) is 11.5 Å². The van der Waals surface area contributed by atoms with E-state index >= 15 is 0 Å². The number of nitrogens with zero attached hydrogens (tertiary/aromatic N) is 3. The molecule has 0 bridgehead atoms. The van der Waals surface area contributed by atoms with Crippen LogP contribution >= 0.6 is 0 Å². The van der Waals surface area contributed by atoms with Crippen LogP contribution in [-0.2, 0) is 32.0 Å². The fraction of sp³-hybridized carbons (Fsp3) is 0.410. The molecular formula is C39H45N5O8. The van der Waals surface area contributed by atoms with Gasteiger partial charge in [-0.2, -0.15) is 0 Å². The first-order valence-corrected chi connectivity index (χ1v) is 17.5. The summed E-state index contributed by atoms with van der Waals surface area (Å²) in [5, 5.41) is 5.73. The lowest BCUT2D eigenvalue weighted by atomic mass is 9.92. The quantitative estimate of drug-likeness (QED) is 0.159. The lowest BCUT2D eigenvalue weighted by Gasteiger charge is -2.27. The van der Waals surface area contributed by atoms with E-state index < -0.39 is 23.6 Å². The normalized spacial score (nSPS) is 17.2. The number of imide groups is 1. The summed E-state index contributed by atoms with van der Waals surface area (Å²) in [6, 6.07) is 7.79. The van der Waals surface area contributed by atoms with Gasteiger partial charge < -0.3 is 25.0 Å². The number of hydrogen-bond acceptors (Lipinski definition) is 10. The highest BCUT2D eigenvalue weighted by Crippen LogP contribution is 2.36. The number of aliphatic imine (C=N–C) groups is 1. The number of rotatable bonds is 15. The predicted molar refractivity (Wildman–Crippen MR) is 194 cm³/mol. The number of hydrogen-bond donors (Lipinski definition) is 2. The number of ketones is 2. The van der Waals surface area contributed by atoms with Gasteiger partial charge in [-0.1, -0.05) is 18.7 Å². The van der Waals surface area contributed by atoms with Gasteiger partial charge in [0.25, 0.3) is 11.8 Å². The van der Waals surface area contributed by atoms with Gasteiger partial charge in [-0.3, -0.25) is 33.7 Å². The van der Waals surface area contributed by atoms with E-state index in [1.165, 1.54) is 0 Å². The Morgan fingerprint density at radius 3 is 2.25 bits per heavy atom. The molecule has 2 heterocycles. The third kappa shape index (κ3) is 8.30. The van der Waals surface area contributed by atoms with Crippen molar-refractivity contribution < 1.29 is 38.2 Å². The molecule has 1 unspecified atom stereocenters. The zero-order chi connectivity index (χ0) is 37.5. The van der Waals surface area contributed by atoms with Crippen LogP contribution in [-0.4, -0.2) is 91.1 Å². The maximum Gasteiger partial charge on any atom is 0.262 e. The van der Waals surface area contributed by atoms with Gasteiger partial charge in [0, 0.05) is 56.7 Å². The highest BCUT2D eigenvalue weighted by Gasteiger charge is 2.45. The number of amides is 4. The zero-order valence-corrected chi connectivity index (χ0v) is 30.1. The average Bonchev–Trinajstić information content (AvgIpc) is 3.38. The van der Waals surface area contributed by atoms with E-state index in [-0.39, 0.29) is 60.8 Å². The molecule has 2 aromatic carbocycles. The first kappa shape index (κ1) is 37.7. The Bertz CT molecular complexity index is 1850. The van der Waals surface area contributed by atoms with Crippen LogP contribution in [0, 0.1) is 0 Å². The molecule has 0 saturated heterocycles. The molecule has 1 saturated carbocycles. The first-order chi connectivity index (χ1) is 24.9. The lowest BCUT2D eigenvalue weighted by Crippen LogP contribution is -2.47. The average molecular weight is 712 g/mol. The minimum absolute atomic E-state index is 0.0896. The number of benzene rings is 2. The molecule has 13 heteroatoms. The Balaban J connectivity index is 1.03. The Labute approximate surface area is 303 Å². The minimum Gasteiger partial charge on any atom is -0.496 e. The summed E-state index contributed by atoms with van der Waals surface area (Å²) < 4.78 is 11.4. The molecule has 0 aromatic heterocycles. The molecule has 52 heavy (non-hydrogen) atoms. The van der Waals surface area contributed by atoms with Gasteiger partial charge in [-0.15, -0.1) is 0 Å². The molecule has 13 nitrogen and oxygen atoms in total. The number of Topliss-reactive ketones (excluding diaryl/α,β-unsaturated/α-hetero) is 2. The van der Waals surface area contributed by atoms with E-state index in [1.54, 1.807) is 32.4 Å². The number of carbonyl (C=O) groups excluding carboxylic acids is 6. The molecule has 3 aliphatic rings. The molecule has 2 aromatic rings. The predicted octanol–water partition coefficient (Wildman–Crippen LogP) is 3.79. The molecule has 274 valence electrons. The Hall–Kier alpha value is -5.59. The van der Waals surface area contributed by atoms with Gasteiger partial charge in [0.15, 0.2) is 5.78 Å². The number of aryl methyl sites for hydroxylation is 1. The second kappa shape index (κ2) is 16.6. The van der Waals surface area contributed by atoms with Crippen LogP contribution in [0.3, 0.4) is 0 Å². The summed E-state index contributed by atoms with van der Waals surface area (Å²) in [5.41, 5.74) is 5.10. The largest absolute Gasteiger partial charge is 0.496 e. The second-order valence-corrected chi connectivity index (χ2v) is 13.1. The summed E-state index contributed by atoms with van der Waals surface area (Å²) >= 11 is 0. The van der Waals surface area contributed by atoms with Crippen molar-refractivity contribution in [2.24, 2.45) is 4.99 Å². The van der Waals surface area contributed by atoms with Gasteiger partial charge in [0.05, 0.1) is 54.9 Å². The third-order valence-electron chi connectivity index (χ3n) is 9.59. The Morgan fingerprint density at radius 2 is 1.62 bits per heavy atom. The molecule has 2 aliphatic heterocycles. The zero-order valence-electron chi connectivity index (χ0n) is 30.1. The Morgan fingerprint density at radius 1 is 0.942 bits per heavy atom. The number of ether oxygens (including phenoxy) is 2. The molecule has 1 atom stereocenters. The standard InChI is InChI=1S/C39H45N5O8/c1-23-24(2)43(3)22-30(42-23)26-19-33(51-4)28(34(20-26)52-5)10-7-12-35(47)40-17-8-18-41-36(48)16-13-25-9-6-11-29-37(25)39(50)44(38(29)49)31-15-14-27(45)21-32(31)46/h6,9,11,19-20,22,31H,2,7-8,10,12-18,21H2,1,3-5H3,(H,40,47)(H,41,48). The van der Waals surface area contributed by atoms with Crippen LogP contribution in [0.1, 0.15) is 89.3 Å². The van der Waals surface area contributed by atoms with E-state index in [9.17, 15) is 28.8 Å². The van der Waals surface area contributed by atoms with Crippen LogP contribution in [0.2, 0.25) is 0 Å². The van der Waals surface area contributed by atoms with Gasteiger partial charge in [-0.25, -0.2) is 4.99 Å². The van der Waals surface area contributed by atoms with Gasteiger partial charge in [0.1, 0.15) is 17.3 Å². The third-order valence-corrected chi connectivity index (χ3v) is 9.59. The van der Waals surface area contributed by atoms with E-state index in [1.807, 2.05) is 37.2 Å². The number of carbonyl (C=O) groups is 6. The van der Waals surface area contributed by atoms with Crippen LogP contribution < -0.4 is 20.1 Å². The van der Waals surface area contributed by atoms with Crippen LogP contribution in [0.4, 0.5) is 0 Å². The van der Waals surface area contributed by atoms with Crippen molar-refractivity contribution in [3.05, 3.63) is 76.6 Å². The molecule has 4 amide bonds. The fourth-order valence-corrected chi connectivity index (χ4v) is 6.70. The second-order valence-electron chi connectivity index (χ2n) is 13.1. The topological polar surface area (TPSA) is 164 Å². The number of allylic oxidation sites excluding steroid dienone is 1. The van der Waals surface area contributed by atoms with E-state index in [4.69, 9.17) is 9.47 Å². The van der Waals surface area contributed by atoms with Crippen LogP contribution in [0.15, 0.2) is 53.8 Å². The van der Waals surface area contributed by atoms with Gasteiger partial charge >= 0.3 is 0 Å². The summed E-state index contributed by atoms with van der Waals surface area (Å²) in [5.74, 6) is -0.754. The molecule has 2 N–H and O–H groups in total. The maximum atomic E-state index is 13.3. The smallest absolute Gasteiger partial charge is 0.262 e. The molecular weight excluding hydrogens is 666 g/mol. The van der Waals surface area contributed by atoms with Crippen molar-refractivity contribution in [1.82, 2.24) is 20.4 Å². The summed E-state index contributed by atoms with van der Waals surface area (Å²) in [7, 11) is 5.12. The van der Waals surface area contributed by atoms with Crippen LogP contribution in [0.25, 0.3) is 5.70 Å². The van der Waals surface area contributed by atoms with Gasteiger partial charge in [0.2, 0.25) is 11.8 Å². The number of fused-ring (bicyclic) bond motifs is 1. The summed E-state index contributed by atoms with van der Waals surface area (Å²) in [4.78, 5) is 83.3. The van der Waals surface area contributed by atoms with Crippen LogP contribution in [0.5, 0.6) is 11.5 Å². The van der Waals surface area contributed by atoms with Crippen molar-refractivity contribution in [2.45, 2.75) is 70.8 Å². The molecule has 0 spiro atoms. The maximum absolute atomic E-state index is 13.3. The molecule has 0 radical (unpaired) electrons. The number of methoxy groups -OCH3 is 2. The van der Waals surface area contributed by atoms with Crippen molar-refractivity contribution in [1.29, 1.82) is 0 Å². The fourth-order valence-electron chi connectivity index (χ4n) is 6.70. The van der Waals surface area contributed by atoms with E-state index in [0.717, 1.165) is 33.1 Å². The molecule has 1 aliphatic carbocycles. The molecule has 1 fully saturated rings. The SMILES string of the molecule is C=C1C(C)=NC(c2cc(OC)c(CCCC(=O)NCCCNC(=O)CCc3cccc4c3C(=O)N(C3CCC(=O)CC3=O)C4=O)c(OC)c2)=CN1C. The monoisotopic (exact) mass is 711 g/mol. The highest BCUT2D eigenvalue weighted by molar-refractivity contribution is 6.24. The molecule has 5 rings (SSSR count).